The Morgan fingerprint density at radius 3 is 2.51 bits per heavy atom. The second kappa shape index (κ2) is 14.1. The smallest absolute Gasteiger partial charge is 0.255 e. The van der Waals surface area contributed by atoms with E-state index in [1.807, 2.05) is 56.4 Å². The van der Waals surface area contributed by atoms with Crippen molar-refractivity contribution in [1.29, 1.82) is 0 Å². The van der Waals surface area contributed by atoms with Gasteiger partial charge in [0.1, 0.15) is 11.9 Å². The first-order chi connectivity index (χ1) is 21.6. The molecule has 0 saturated heterocycles. The van der Waals surface area contributed by atoms with Gasteiger partial charge in [-0.2, -0.15) is 0 Å². The molecule has 0 unspecified atom stereocenters. The van der Waals surface area contributed by atoms with Crippen LogP contribution in [-0.2, 0) is 22.6 Å². The van der Waals surface area contributed by atoms with Crippen molar-refractivity contribution in [2.24, 2.45) is 11.8 Å². The number of fused-ring (bicyclic) bond motifs is 1. The number of carbonyl (C=O) groups is 3. The van der Waals surface area contributed by atoms with Crippen molar-refractivity contribution in [3.05, 3.63) is 83.4 Å². The molecule has 5 N–H and O–H groups in total. The first-order valence-electron chi connectivity index (χ1n) is 15.6. The molecule has 1 fully saturated rings. The fraction of sp³-hybridized carbons (Fsp3) is 0.400. The quantitative estimate of drug-likeness (QED) is 0.252. The van der Waals surface area contributed by atoms with E-state index in [4.69, 9.17) is 10.5 Å². The minimum Gasteiger partial charge on any atom is -0.488 e. The number of hydrogen-bond donors (Lipinski definition) is 4. The van der Waals surface area contributed by atoms with Crippen molar-refractivity contribution in [1.82, 2.24) is 9.80 Å². The molecule has 1 saturated carbocycles. The summed E-state index contributed by atoms with van der Waals surface area (Å²) in [7, 11) is 2.01. The molecule has 1 heterocycles. The number of aliphatic hydroxyl groups excluding tert-OH is 1. The molecule has 1 aliphatic carbocycles. The number of hydrogen-bond acceptors (Lipinski definition) is 7. The molecule has 2 aliphatic rings. The van der Waals surface area contributed by atoms with Gasteiger partial charge in [0.15, 0.2) is 0 Å². The SMILES string of the molecule is C[C@@H]1CN([C@H](C)CO)C(=O)Cc2cc(NC(=O)C3CC3)ccc2O[C@@H]1CN(C)Cc1ccc(C(=O)Nc2ccccc2N)cc1. The molecular weight excluding hydrogens is 570 g/mol. The van der Waals surface area contributed by atoms with Gasteiger partial charge in [0.25, 0.3) is 5.91 Å². The number of nitrogen functional groups attached to an aromatic ring is 1. The van der Waals surface area contributed by atoms with Crippen LogP contribution in [0.4, 0.5) is 17.1 Å². The Kier molecular flexibility index (Phi) is 10.0. The third-order valence-electron chi connectivity index (χ3n) is 8.50. The van der Waals surface area contributed by atoms with Gasteiger partial charge in [0, 0.05) is 48.3 Å². The highest BCUT2D eigenvalue weighted by Crippen LogP contribution is 2.32. The highest BCUT2D eigenvalue weighted by Gasteiger charge is 2.32. The minimum absolute atomic E-state index is 0.00321. The van der Waals surface area contributed by atoms with Gasteiger partial charge in [-0.1, -0.05) is 31.2 Å². The van der Waals surface area contributed by atoms with Crippen LogP contribution >= 0.6 is 0 Å². The van der Waals surface area contributed by atoms with E-state index in [0.717, 1.165) is 18.4 Å². The van der Waals surface area contributed by atoms with Crippen LogP contribution in [0.5, 0.6) is 5.75 Å². The van der Waals surface area contributed by atoms with E-state index in [-0.39, 0.29) is 54.7 Å². The van der Waals surface area contributed by atoms with E-state index in [2.05, 4.69) is 22.5 Å². The van der Waals surface area contributed by atoms with E-state index in [0.29, 0.717) is 53.6 Å². The summed E-state index contributed by atoms with van der Waals surface area (Å²) in [6, 6.07) is 19.8. The molecule has 3 aromatic carbocycles. The zero-order valence-electron chi connectivity index (χ0n) is 26.2. The Hall–Kier alpha value is -4.41. The second-order valence-electron chi connectivity index (χ2n) is 12.4. The molecule has 3 amide bonds. The van der Waals surface area contributed by atoms with Gasteiger partial charge >= 0.3 is 0 Å². The summed E-state index contributed by atoms with van der Waals surface area (Å²) in [5.74, 6) is 0.325. The largest absolute Gasteiger partial charge is 0.488 e. The fourth-order valence-electron chi connectivity index (χ4n) is 5.57. The molecule has 10 nitrogen and oxygen atoms in total. The average molecular weight is 614 g/mol. The minimum atomic E-state index is -0.341. The number of benzene rings is 3. The van der Waals surface area contributed by atoms with Crippen LogP contribution in [0.2, 0.25) is 0 Å². The molecule has 0 bridgehead atoms. The van der Waals surface area contributed by atoms with E-state index in [9.17, 15) is 19.5 Å². The van der Waals surface area contributed by atoms with Crippen molar-refractivity contribution < 1.29 is 24.2 Å². The van der Waals surface area contributed by atoms with E-state index >= 15 is 0 Å². The number of nitrogens with one attached hydrogen (secondary N) is 2. The summed E-state index contributed by atoms with van der Waals surface area (Å²) in [6.45, 7) is 5.40. The topological polar surface area (TPSA) is 137 Å². The summed E-state index contributed by atoms with van der Waals surface area (Å²) in [5.41, 5.74) is 9.96. The molecule has 0 aromatic heterocycles. The highest BCUT2D eigenvalue weighted by molar-refractivity contribution is 6.05. The Morgan fingerprint density at radius 1 is 1.09 bits per heavy atom. The molecule has 3 aromatic rings. The Labute approximate surface area is 264 Å². The van der Waals surface area contributed by atoms with Gasteiger partial charge in [0.05, 0.1) is 30.4 Å². The van der Waals surface area contributed by atoms with E-state index in [1.165, 1.54) is 0 Å². The van der Waals surface area contributed by atoms with Gasteiger partial charge in [-0.05, 0) is 74.8 Å². The van der Waals surface area contributed by atoms with Crippen molar-refractivity contribution in [2.75, 3.05) is 43.1 Å². The van der Waals surface area contributed by atoms with Crippen LogP contribution in [0.25, 0.3) is 0 Å². The summed E-state index contributed by atoms with van der Waals surface area (Å²) < 4.78 is 6.63. The predicted molar refractivity (Wildman–Crippen MR) is 175 cm³/mol. The van der Waals surface area contributed by atoms with Gasteiger partial charge in [-0.15, -0.1) is 0 Å². The number of ether oxygens (including phenoxy) is 1. The lowest BCUT2D eigenvalue weighted by Crippen LogP contribution is -2.47. The Balaban J connectivity index is 1.29. The number of rotatable bonds is 10. The molecule has 3 atom stereocenters. The van der Waals surface area contributed by atoms with E-state index in [1.54, 1.807) is 29.2 Å². The number of carbonyl (C=O) groups excluding carboxylic acids is 3. The maximum Gasteiger partial charge on any atom is 0.255 e. The number of amides is 3. The molecular formula is C35H43N5O5. The highest BCUT2D eigenvalue weighted by atomic mass is 16.5. The summed E-state index contributed by atoms with van der Waals surface area (Å²) in [4.78, 5) is 42.5. The van der Waals surface area contributed by atoms with Crippen LogP contribution in [0.1, 0.15) is 48.2 Å². The Bertz CT molecular complexity index is 1520. The van der Waals surface area contributed by atoms with Crippen molar-refractivity contribution >= 4 is 34.8 Å². The normalized spacial score (nSPS) is 19.0. The van der Waals surface area contributed by atoms with Crippen molar-refractivity contribution in [3.63, 3.8) is 0 Å². The van der Waals surface area contributed by atoms with Crippen LogP contribution in [0.3, 0.4) is 0 Å². The lowest BCUT2D eigenvalue weighted by molar-refractivity contribution is -0.134. The monoisotopic (exact) mass is 613 g/mol. The van der Waals surface area contributed by atoms with Gasteiger partial charge in [-0.25, -0.2) is 0 Å². The number of nitrogens with two attached hydrogens (primary N) is 1. The maximum absolute atomic E-state index is 13.5. The average Bonchev–Trinajstić information content (AvgIpc) is 3.87. The lowest BCUT2D eigenvalue weighted by atomic mass is 10.0. The summed E-state index contributed by atoms with van der Waals surface area (Å²) in [5, 5.41) is 15.7. The third kappa shape index (κ3) is 8.20. The van der Waals surface area contributed by atoms with Crippen LogP contribution in [-0.4, -0.2) is 71.5 Å². The number of likely N-dealkylation sites (N-methyl/N-ethyl adjacent to an activating group) is 1. The number of anilines is 3. The van der Waals surface area contributed by atoms with Crippen LogP contribution in [0.15, 0.2) is 66.7 Å². The first kappa shape index (κ1) is 32.0. The van der Waals surface area contributed by atoms with E-state index < -0.39 is 0 Å². The second-order valence-corrected chi connectivity index (χ2v) is 12.4. The molecule has 0 radical (unpaired) electrons. The van der Waals surface area contributed by atoms with Gasteiger partial charge in [0.2, 0.25) is 11.8 Å². The molecule has 0 spiro atoms. The summed E-state index contributed by atoms with van der Waals surface area (Å²) in [6.07, 6.45) is 1.66. The van der Waals surface area contributed by atoms with Crippen LogP contribution < -0.4 is 21.1 Å². The fourth-order valence-corrected chi connectivity index (χ4v) is 5.57. The molecule has 10 heteroatoms. The molecule has 45 heavy (non-hydrogen) atoms. The third-order valence-corrected chi connectivity index (χ3v) is 8.50. The predicted octanol–water partition coefficient (Wildman–Crippen LogP) is 4.15. The lowest BCUT2D eigenvalue weighted by Gasteiger charge is -2.34. The van der Waals surface area contributed by atoms with Crippen molar-refractivity contribution in [2.45, 2.75) is 51.8 Å². The van der Waals surface area contributed by atoms with Gasteiger partial charge in [-0.3, -0.25) is 19.3 Å². The molecule has 5 rings (SSSR count). The zero-order chi connectivity index (χ0) is 32.1. The Morgan fingerprint density at radius 2 is 1.82 bits per heavy atom. The van der Waals surface area contributed by atoms with Crippen molar-refractivity contribution in [3.8, 4) is 5.75 Å². The standard InChI is InChI=1S/C35H43N5O5/c1-22-18-40(23(2)21-41)33(42)17-27-16-28(37-34(43)26-12-13-26)14-15-31(27)45-32(22)20-39(3)19-24-8-10-25(11-9-24)35(44)38-30-7-5-4-6-29(30)36/h4-11,14-16,22-23,26,32,41H,12-13,17-21,36H2,1-3H3,(H,37,43)(H,38,44)/t22-,23-,32-/m1/s1. The number of nitrogens with zero attached hydrogens (tertiary/aromatic N) is 2. The maximum atomic E-state index is 13.5. The molecule has 238 valence electrons. The van der Waals surface area contributed by atoms with Gasteiger partial charge < -0.3 is 31.1 Å². The number of aliphatic hydroxyl groups is 1. The zero-order valence-corrected chi connectivity index (χ0v) is 26.2. The summed E-state index contributed by atoms with van der Waals surface area (Å²) >= 11 is 0. The molecule has 1 aliphatic heterocycles. The number of para-hydroxylation sites is 2. The first-order valence-corrected chi connectivity index (χ1v) is 15.6. The van der Waals surface area contributed by atoms with Crippen LogP contribution in [0, 0.1) is 11.8 Å².